The van der Waals surface area contributed by atoms with Crippen molar-refractivity contribution in [2.24, 2.45) is 7.05 Å². The van der Waals surface area contributed by atoms with Gasteiger partial charge in [-0.1, -0.05) is 12.1 Å². The molecule has 1 aliphatic heterocycles. The number of nitrogens with zero attached hydrogens (tertiary/aromatic N) is 5. The maximum Gasteiger partial charge on any atom is 0.435 e. The van der Waals surface area contributed by atoms with Gasteiger partial charge in [0.2, 0.25) is 0 Å². The Labute approximate surface area is 218 Å². The summed E-state index contributed by atoms with van der Waals surface area (Å²) in [6, 6.07) is 10.8. The lowest BCUT2D eigenvalue weighted by Gasteiger charge is -2.32. The van der Waals surface area contributed by atoms with Crippen LogP contribution in [0.3, 0.4) is 0 Å². The first-order valence-electron chi connectivity index (χ1n) is 12.3. The Morgan fingerprint density at radius 3 is 2.53 bits per heavy atom. The molecule has 4 aromatic rings. The van der Waals surface area contributed by atoms with Gasteiger partial charge in [0.25, 0.3) is 5.91 Å². The number of amides is 1. The Morgan fingerprint density at radius 2 is 1.84 bits per heavy atom. The third kappa shape index (κ3) is 4.78. The van der Waals surface area contributed by atoms with Gasteiger partial charge in [0.1, 0.15) is 11.6 Å². The summed E-state index contributed by atoms with van der Waals surface area (Å²) < 4.78 is 50.9. The third-order valence-corrected chi connectivity index (χ3v) is 6.55. The Bertz CT molecular complexity index is 1500. The van der Waals surface area contributed by atoms with Crippen molar-refractivity contribution in [1.29, 1.82) is 0 Å². The highest BCUT2D eigenvalue weighted by Gasteiger charge is 2.39. The monoisotopic (exact) mass is 523 g/mol. The van der Waals surface area contributed by atoms with E-state index in [-0.39, 0.29) is 17.6 Å². The average Bonchev–Trinajstić information content (AvgIpc) is 3.44. The Balaban J connectivity index is 1.66. The molecule has 0 aliphatic carbocycles. The van der Waals surface area contributed by atoms with Gasteiger partial charge in [0.05, 0.1) is 11.8 Å². The fraction of sp³-hybridized carbons (Fsp3) is 0.321. The van der Waals surface area contributed by atoms with E-state index in [2.05, 4.69) is 10.1 Å². The van der Waals surface area contributed by atoms with Crippen molar-refractivity contribution in [2.75, 3.05) is 11.4 Å². The van der Waals surface area contributed by atoms with Crippen LogP contribution in [0.15, 0.2) is 55.0 Å². The summed E-state index contributed by atoms with van der Waals surface area (Å²) in [5.74, 6) is 1.06. The summed E-state index contributed by atoms with van der Waals surface area (Å²) in [5.41, 5.74) is 1.64. The van der Waals surface area contributed by atoms with Crippen LogP contribution in [0.25, 0.3) is 11.1 Å². The smallest absolute Gasteiger partial charge is 0.435 e. The van der Waals surface area contributed by atoms with E-state index in [1.165, 1.54) is 13.2 Å². The number of hydrogen-bond acceptors (Lipinski definition) is 4. The second-order valence-corrected chi connectivity index (χ2v) is 9.68. The van der Waals surface area contributed by atoms with Crippen LogP contribution in [0.1, 0.15) is 46.9 Å². The van der Waals surface area contributed by atoms with Crippen LogP contribution < -0.4 is 9.64 Å². The largest absolute Gasteiger partial charge is 0.489 e. The molecule has 0 radical (unpaired) electrons. The van der Waals surface area contributed by atoms with E-state index >= 15 is 0 Å². The zero-order chi connectivity index (χ0) is 27.2. The number of halogens is 3. The molecule has 2 aromatic carbocycles. The number of para-hydroxylation sites is 2. The van der Waals surface area contributed by atoms with Crippen molar-refractivity contribution in [3.63, 3.8) is 0 Å². The number of carbonyl (C=O) groups is 1. The molecule has 10 heteroatoms. The number of benzene rings is 2. The fourth-order valence-corrected chi connectivity index (χ4v) is 4.92. The molecule has 0 atom stereocenters. The molecule has 0 N–H and O–H groups in total. The van der Waals surface area contributed by atoms with E-state index in [4.69, 9.17) is 4.74 Å². The second kappa shape index (κ2) is 9.66. The molecule has 0 spiro atoms. The zero-order valence-electron chi connectivity index (χ0n) is 21.6. The van der Waals surface area contributed by atoms with Crippen LogP contribution in [-0.2, 0) is 26.2 Å². The Hall–Kier alpha value is -4.08. The number of aromatic nitrogens is 4. The molecule has 0 bridgehead atoms. The Morgan fingerprint density at radius 1 is 1.11 bits per heavy atom. The fourth-order valence-electron chi connectivity index (χ4n) is 4.92. The highest BCUT2D eigenvalue weighted by Crippen LogP contribution is 2.41. The molecule has 1 aliphatic rings. The summed E-state index contributed by atoms with van der Waals surface area (Å²) in [6.45, 7) is 6.33. The van der Waals surface area contributed by atoms with Crippen molar-refractivity contribution in [3.8, 4) is 16.9 Å². The number of anilines is 1. The minimum absolute atomic E-state index is 0.0368. The molecule has 2 aromatic heterocycles. The number of hydrogen-bond donors (Lipinski definition) is 0. The lowest BCUT2D eigenvalue weighted by atomic mass is 9.88. The van der Waals surface area contributed by atoms with Gasteiger partial charge in [0, 0.05) is 49.9 Å². The summed E-state index contributed by atoms with van der Waals surface area (Å²) in [5, 5.41) is 3.71. The standard InChI is InChI=1S/C28H28F3N5O2/c1-17(2)38-25-8-6-5-7-24(25)36-11-9-20-21(23-16-34(4)33-26(23)28(29,30)31)13-19(14-22(20)27(36)37)15-35-12-10-32-18(35)3/h5-8,10,12-14,16-17H,9,11,15H2,1-4H3. The molecule has 0 saturated carbocycles. The molecular weight excluding hydrogens is 495 g/mol. The van der Waals surface area contributed by atoms with E-state index < -0.39 is 11.9 Å². The summed E-state index contributed by atoms with van der Waals surface area (Å²) in [4.78, 5) is 19.8. The first kappa shape index (κ1) is 25.6. The van der Waals surface area contributed by atoms with E-state index in [1.54, 1.807) is 29.4 Å². The lowest BCUT2D eigenvalue weighted by molar-refractivity contribution is -0.140. The highest BCUT2D eigenvalue weighted by atomic mass is 19.4. The SMILES string of the molecule is Cc1nccn1Cc1cc2c(c(-c3cn(C)nc3C(F)(F)F)c1)CCN(c1ccccc1OC(C)C)C2=O. The van der Waals surface area contributed by atoms with Crippen LogP contribution in [-0.4, -0.2) is 37.9 Å². The van der Waals surface area contributed by atoms with E-state index in [9.17, 15) is 18.0 Å². The van der Waals surface area contributed by atoms with E-state index in [0.29, 0.717) is 53.2 Å². The minimum atomic E-state index is -4.64. The molecule has 0 fully saturated rings. The van der Waals surface area contributed by atoms with Crippen LogP contribution >= 0.6 is 0 Å². The third-order valence-electron chi connectivity index (χ3n) is 6.55. The molecule has 5 rings (SSSR count). The first-order chi connectivity index (χ1) is 18.0. The van der Waals surface area contributed by atoms with Gasteiger partial charge in [-0.3, -0.25) is 9.48 Å². The van der Waals surface area contributed by atoms with Crippen molar-refractivity contribution in [2.45, 2.75) is 46.0 Å². The highest BCUT2D eigenvalue weighted by molar-refractivity contribution is 6.10. The van der Waals surface area contributed by atoms with Gasteiger partial charge in [0.15, 0.2) is 5.69 Å². The normalized spacial score (nSPS) is 13.8. The van der Waals surface area contributed by atoms with Crippen LogP contribution in [0.2, 0.25) is 0 Å². The quantitative estimate of drug-likeness (QED) is 0.328. The maximum absolute atomic E-state index is 14.0. The molecule has 198 valence electrons. The van der Waals surface area contributed by atoms with Crippen LogP contribution in [0, 0.1) is 6.92 Å². The Kier molecular flexibility index (Phi) is 6.50. The van der Waals surface area contributed by atoms with Crippen molar-refractivity contribution in [3.05, 3.63) is 83.2 Å². The predicted octanol–water partition coefficient (Wildman–Crippen LogP) is 5.65. The minimum Gasteiger partial charge on any atom is -0.489 e. The molecule has 3 heterocycles. The maximum atomic E-state index is 14.0. The first-order valence-corrected chi connectivity index (χ1v) is 12.3. The number of imidazole rings is 1. The van der Waals surface area contributed by atoms with Gasteiger partial charge in [-0.05, 0) is 68.1 Å². The topological polar surface area (TPSA) is 65.2 Å². The van der Waals surface area contributed by atoms with Gasteiger partial charge >= 0.3 is 6.18 Å². The lowest BCUT2D eigenvalue weighted by Crippen LogP contribution is -2.38. The number of fused-ring (bicyclic) bond motifs is 1. The zero-order valence-corrected chi connectivity index (χ0v) is 21.6. The molecule has 0 saturated heterocycles. The number of alkyl halides is 3. The van der Waals surface area contributed by atoms with E-state index in [0.717, 1.165) is 10.5 Å². The van der Waals surface area contributed by atoms with Crippen molar-refractivity contribution in [1.82, 2.24) is 19.3 Å². The van der Waals surface area contributed by atoms with Gasteiger partial charge in [-0.15, -0.1) is 0 Å². The number of aryl methyl sites for hydroxylation is 2. The van der Waals surface area contributed by atoms with Crippen molar-refractivity contribution < 1.29 is 22.7 Å². The molecule has 1 amide bonds. The predicted molar refractivity (Wildman–Crippen MR) is 137 cm³/mol. The second-order valence-electron chi connectivity index (χ2n) is 9.68. The average molecular weight is 524 g/mol. The number of carbonyl (C=O) groups excluding carboxylic acids is 1. The number of ether oxygens (including phenoxy) is 1. The van der Waals surface area contributed by atoms with Crippen LogP contribution in [0.4, 0.5) is 18.9 Å². The van der Waals surface area contributed by atoms with Gasteiger partial charge in [-0.2, -0.15) is 18.3 Å². The van der Waals surface area contributed by atoms with Gasteiger partial charge in [-0.25, -0.2) is 4.98 Å². The van der Waals surface area contributed by atoms with E-state index in [1.807, 2.05) is 49.6 Å². The van der Waals surface area contributed by atoms with Crippen molar-refractivity contribution >= 4 is 11.6 Å². The molecule has 0 unspecified atom stereocenters. The summed E-state index contributed by atoms with van der Waals surface area (Å²) in [7, 11) is 1.46. The molecule has 38 heavy (non-hydrogen) atoms. The van der Waals surface area contributed by atoms with Gasteiger partial charge < -0.3 is 14.2 Å². The molecule has 7 nitrogen and oxygen atoms in total. The summed E-state index contributed by atoms with van der Waals surface area (Å²) >= 11 is 0. The molecular formula is C28H28F3N5O2. The van der Waals surface area contributed by atoms with Crippen LogP contribution in [0.5, 0.6) is 5.75 Å². The number of rotatable bonds is 6. The summed E-state index contributed by atoms with van der Waals surface area (Å²) in [6.07, 6.45) is 0.476.